The number of rotatable bonds is 6. The molecule has 0 bridgehead atoms. The number of hydrogen-bond donors (Lipinski definition) is 1. The van der Waals surface area contributed by atoms with E-state index in [-0.39, 0.29) is 22.7 Å². The van der Waals surface area contributed by atoms with Crippen LogP contribution in [0.25, 0.3) is 5.69 Å². The zero-order valence-corrected chi connectivity index (χ0v) is 22.0. The van der Waals surface area contributed by atoms with E-state index in [1.54, 1.807) is 18.3 Å². The third-order valence-corrected chi connectivity index (χ3v) is 7.18. The monoisotopic (exact) mass is 533 g/mol. The first-order chi connectivity index (χ1) is 17.8. The Kier molecular flexibility index (Phi) is 6.57. The zero-order valence-electron chi connectivity index (χ0n) is 20.4. The molecule has 2 atom stereocenters. The van der Waals surface area contributed by atoms with Crippen molar-refractivity contribution in [2.24, 2.45) is 0 Å². The van der Waals surface area contributed by atoms with Crippen molar-refractivity contribution in [3.8, 4) is 11.4 Å². The van der Waals surface area contributed by atoms with Gasteiger partial charge in [0, 0.05) is 28.3 Å². The molecule has 2 aromatic heterocycles. The van der Waals surface area contributed by atoms with E-state index in [0.29, 0.717) is 21.6 Å². The van der Waals surface area contributed by atoms with Crippen LogP contribution in [0.15, 0.2) is 72.9 Å². The summed E-state index contributed by atoms with van der Waals surface area (Å²) < 4.78 is 7.14. The van der Waals surface area contributed by atoms with E-state index >= 15 is 0 Å². The highest BCUT2D eigenvalue weighted by Crippen LogP contribution is 2.44. The van der Waals surface area contributed by atoms with Gasteiger partial charge >= 0.3 is 0 Å². The number of nitrogens with one attached hydrogen (secondary N) is 1. The Morgan fingerprint density at radius 3 is 2.51 bits per heavy atom. The molecular formula is C27H24ClN5O3S. The van der Waals surface area contributed by atoms with Crippen LogP contribution >= 0.6 is 23.8 Å². The number of nitrogens with zero attached hydrogens (tertiary/aromatic N) is 4. The van der Waals surface area contributed by atoms with Crippen LogP contribution in [-0.2, 0) is 0 Å². The number of benzene rings is 2. The van der Waals surface area contributed by atoms with Gasteiger partial charge in [0.25, 0.3) is 5.69 Å². The van der Waals surface area contributed by atoms with Crippen LogP contribution < -0.4 is 15.0 Å². The van der Waals surface area contributed by atoms with Gasteiger partial charge in [-0.3, -0.25) is 15.1 Å². The summed E-state index contributed by atoms with van der Waals surface area (Å²) in [6.45, 7) is 3.90. The van der Waals surface area contributed by atoms with Crippen molar-refractivity contribution < 1.29 is 9.66 Å². The first kappa shape index (κ1) is 24.7. The number of pyridine rings is 1. The fourth-order valence-electron chi connectivity index (χ4n) is 4.97. The van der Waals surface area contributed by atoms with E-state index in [9.17, 15) is 10.1 Å². The molecule has 4 aromatic rings. The molecule has 0 unspecified atom stereocenters. The molecule has 10 heteroatoms. The van der Waals surface area contributed by atoms with Crippen molar-refractivity contribution in [1.82, 2.24) is 14.9 Å². The van der Waals surface area contributed by atoms with Gasteiger partial charge in [0.2, 0.25) is 0 Å². The molecule has 1 saturated heterocycles. The summed E-state index contributed by atoms with van der Waals surface area (Å²) in [7, 11) is 1.49. The second-order valence-corrected chi connectivity index (χ2v) is 9.57. The van der Waals surface area contributed by atoms with Crippen molar-refractivity contribution in [1.29, 1.82) is 0 Å². The second kappa shape index (κ2) is 9.84. The topological polar surface area (TPSA) is 85.5 Å². The average molecular weight is 534 g/mol. The fraction of sp³-hybridized carbons (Fsp3) is 0.185. The summed E-state index contributed by atoms with van der Waals surface area (Å²) in [5, 5.41) is 16.6. The number of nitro groups is 1. The third-order valence-electron chi connectivity index (χ3n) is 6.61. The predicted octanol–water partition coefficient (Wildman–Crippen LogP) is 6.24. The third kappa shape index (κ3) is 4.41. The van der Waals surface area contributed by atoms with Gasteiger partial charge in [-0.15, -0.1) is 0 Å². The summed E-state index contributed by atoms with van der Waals surface area (Å²) >= 11 is 12.0. The Bertz CT molecular complexity index is 1490. The van der Waals surface area contributed by atoms with Crippen molar-refractivity contribution >= 4 is 40.3 Å². The molecule has 1 aliphatic heterocycles. The van der Waals surface area contributed by atoms with E-state index in [2.05, 4.69) is 21.3 Å². The molecule has 0 spiro atoms. The highest BCUT2D eigenvalue weighted by Gasteiger charge is 2.42. The maximum Gasteiger partial charge on any atom is 0.296 e. The van der Waals surface area contributed by atoms with Crippen molar-refractivity contribution in [2.75, 3.05) is 12.0 Å². The van der Waals surface area contributed by atoms with Crippen LogP contribution in [0.1, 0.15) is 34.7 Å². The fourth-order valence-corrected chi connectivity index (χ4v) is 5.45. The number of nitro benzene ring substituents is 1. The van der Waals surface area contributed by atoms with Gasteiger partial charge in [-0.1, -0.05) is 17.7 Å². The molecule has 1 aliphatic rings. The van der Waals surface area contributed by atoms with E-state index in [4.69, 9.17) is 28.6 Å². The SMILES string of the molecule is COc1ccc(-n2c(C)cc([C@H]3[C@H](c4ccccn4)NC(=S)N3c3ccc(Cl)cc3)c2C)c([N+](=O)[O-])c1. The first-order valence-electron chi connectivity index (χ1n) is 11.6. The minimum Gasteiger partial charge on any atom is -0.496 e. The number of hydrogen-bond acceptors (Lipinski definition) is 5. The molecule has 8 nitrogen and oxygen atoms in total. The molecule has 5 rings (SSSR count). The summed E-state index contributed by atoms with van der Waals surface area (Å²) in [4.78, 5) is 18.2. The summed E-state index contributed by atoms with van der Waals surface area (Å²) in [5.41, 5.74) is 4.84. The maximum atomic E-state index is 12.0. The van der Waals surface area contributed by atoms with Crippen molar-refractivity contribution in [2.45, 2.75) is 25.9 Å². The minimum absolute atomic E-state index is 0.0383. The van der Waals surface area contributed by atoms with Crippen LogP contribution in [0.5, 0.6) is 5.75 Å². The van der Waals surface area contributed by atoms with E-state index in [1.807, 2.05) is 60.9 Å². The lowest BCUT2D eigenvalue weighted by Gasteiger charge is -2.28. The number of methoxy groups -OCH3 is 1. The van der Waals surface area contributed by atoms with Gasteiger partial charge < -0.3 is 19.5 Å². The van der Waals surface area contributed by atoms with Crippen LogP contribution in [0, 0.1) is 24.0 Å². The first-order valence-corrected chi connectivity index (χ1v) is 12.4. The van der Waals surface area contributed by atoms with Crippen LogP contribution in [0.2, 0.25) is 5.02 Å². The lowest BCUT2D eigenvalue weighted by atomic mass is 9.96. The molecular weight excluding hydrogens is 510 g/mol. The Balaban J connectivity index is 1.70. The molecule has 3 heterocycles. The molecule has 1 fully saturated rings. The Morgan fingerprint density at radius 1 is 1.11 bits per heavy atom. The van der Waals surface area contributed by atoms with Crippen LogP contribution in [-0.4, -0.2) is 26.7 Å². The van der Waals surface area contributed by atoms with Gasteiger partial charge in [0.15, 0.2) is 5.11 Å². The van der Waals surface area contributed by atoms with E-state index < -0.39 is 0 Å². The Hall–Kier alpha value is -3.95. The highest BCUT2D eigenvalue weighted by atomic mass is 35.5. The average Bonchev–Trinajstić information content (AvgIpc) is 3.39. The lowest BCUT2D eigenvalue weighted by molar-refractivity contribution is -0.384. The van der Waals surface area contributed by atoms with Gasteiger partial charge in [-0.25, -0.2) is 0 Å². The Labute approximate surface area is 224 Å². The Morgan fingerprint density at radius 2 is 1.86 bits per heavy atom. The standard InChI is InChI=1S/C27H24ClN5O3S/c1-16-14-21(17(2)31(16)23-12-11-20(36-3)15-24(23)33(34)35)26-25(22-6-4-5-13-29-22)30-27(37)32(26)19-9-7-18(28)8-10-19/h4-15,25-26H,1-3H3,(H,30,37)/t25-,26-/m0/s1. The number of aromatic nitrogens is 2. The molecule has 188 valence electrons. The summed E-state index contributed by atoms with van der Waals surface area (Å²) in [5.74, 6) is 0.424. The van der Waals surface area contributed by atoms with E-state index in [0.717, 1.165) is 28.3 Å². The van der Waals surface area contributed by atoms with E-state index in [1.165, 1.54) is 13.2 Å². The van der Waals surface area contributed by atoms with Crippen LogP contribution in [0.4, 0.5) is 11.4 Å². The molecule has 0 saturated carbocycles. The van der Waals surface area contributed by atoms with Gasteiger partial charge in [0.05, 0.1) is 35.9 Å². The maximum absolute atomic E-state index is 12.0. The predicted molar refractivity (Wildman–Crippen MR) is 148 cm³/mol. The quantitative estimate of drug-likeness (QED) is 0.178. The summed E-state index contributed by atoms with van der Waals surface area (Å²) in [6.07, 6.45) is 1.76. The number of thiocarbonyl (C=S) groups is 1. The van der Waals surface area contributed by atoms with Crippen molar-refractivity contribution in [3.05, 3.63) is 111 Å². The number of ether oxygens (including phenoxy) is 1. The number of halogens is 1. The largest absolute Gasteiger partial charge is 0.496 e. The normalized spacial score (nSPS) is 17.1. The molecule has 37 heavy (non-hydrogen) atoms. The summed E-state index contributed by atoms with van der Waals surface area (Å²) in [6, 6.07) is 19.7. The highest BCUT2D eigenvalue weighted by molar-refractivity contribution is 7.80. The minimum atomic E-state index is -0.390. The molecule has 0 aliphatic carbocycles. The number of anilines is 1. The molecule has 1 N–H and O–H groups in total. The van der Waals surface area contributed by atoms with Crippen LogP contribution in [0.3, 0.4) is 0 Å². The smallest absolute Gasteiger partial charge is 0.296 e. The lowest BCUT2D eigenvalue weighted by Crippen LogP contribution is -2.29. The van der Waals surface area contributed by atoms with Crippen molar-refractivity contribution in [3.63, 3.8) is 0 Å². The zero-order chi connectivity index (χ0) is 26.3. The molecule has 0 radical (unpaired) electrons. The van der Waals surface area contributed by atoms with Gasteiger partial charge in [0.1, 0.15) is 11.4 Å². The molecule has 2 aromatic carbocycles. The molecule has 0 amide bonds. The number of aryl methyl sites for hydroxylation is 1. The van der Waals surface area contributed by atoms with Gasteiger partial charge in [-0.05, 0) is 86.2 Å². The van der Waals surface area contributed by atoms with Gasteiger partial charge in [-0.2, -0.15) is 0 Å². The second-order valence-electron chi connectivity index (χ2n) is 8.75.